The minimum absolute atomic E-state index is 0. The Hall–Kier alpha value is -2.97. The van der Waals surface area contributed by atoms with Crippen LogP contribution in [-0.4, -0.2) is 18.7 Å². The fourth-order valence-electron chi connectivity index (χ4n) is 2.53. The van der Waals surface area contributed by atoms with Crippen LogP contribution < -0.4 is 14.8 Å². The first-order valence-corrected chi connectivity index (χ1v) is 7.62. The van der Waals surface area contributed by atoms with Crippen LogP contribution in [0.15, 0.2) is 48.7 Å². The zero-order chi connectivity index (χ0) is 16.9. The molecule has 0 aliphatic rings. The average Bonchev–Trinajstić information content (AvgIpc) is 2.63. The molecule has 0 bridgehead atoms. The second-order valence-corrected chi connectivity index (χ2v) is 5.10. The van der Waals surface area contributed by atoms with Gasteiger partial charge in [0, 0.05) is 17.3 Å². The van der Waals surface area contributed by atoms with E-state index in [2.05, 4.69) is 16.4 Å². The summed E-state index contributed by atoms with van der Waals surface area (Å²) in [5.74, 6) is 1.48. The lowest BCUT2D eigenvalue weighted by Gasteiger charge is -2.13. The van der Waals surface area contributed by atoms with Gasteiger partial charge in [-0.25, -0.2) is 0 Å². The predicted octanol–water partition coefficient (Wildman–Crippen LogP) is 4.68. The summed E-state index contributed by atoms with van der Waals surface area (Å²) < 4.78 is 10.8. The lowest BCUT2D eigenvalue weighted by molar-refractivity contribution is 0.340. The summed E-state index contributed by atoms with van der Waals surface area (Å²) in [4.78, 5) is 4.36. The van der Waals surface area contributed by atoms with Gasteiger partial charge in [0.05, 0.1) is 25.0 Å². The van der Waals surface area contributed by atoms with Gasteiger partial charge in [0.15, 0.2) is 0 Å². The number of benzene rings is 2. The number of ether oxygens (including phenoxy) is 2. The summed E-state index contributed by atoms with van der Waals surface area (Å²) in [5.41, 5.74) is 2.77. The maximum Gasteiger partial charge on any atom is 0.145 e. The number of nitrogens with one attached hydrogen (secondary N) is 1. The van der Waals surface area contributed by atoms with Crippen LogP contribution in [-0.2, 0) is 0 Å². The van der Waals surface area contributed by atoms with E-state index in [1.807, 2.05) is 49.4 Å². The Labute approximate surface area is 152 Å². The average molecular weight is 356 g/mol. The third-order valence-electron chi connectivity index (χ3n) is 3.64. The Bertz CT molecular complexity index is 905. The van der Waals surface area contributed by atoms with E-state index in [1.165, 1.54) is 0 Å². The number of methoxy groups -OCH3 is 1. The van der Waals surface area contributed by atoms with Crippen molar-refractivity contribution >= 4 is 34.7 Å². The Balaban J connectivity index is 0.00000225. The van der Waals surface area contributed by atoms with E-state index in [9.17, 15) is 5.26 Å². The first-order chi connectivity index (χ1) is 11.8. The van der Waals surface area contributed by atoms with Gasteiger partial charge in [-0.3, -0.25) is 4.98 Å². The molecule has 128 valence electrons. The van der Waals surface area contributed by atoms with Gasteiger partial charge in [0.2, 0.25) is 0 Å². The van der Waals surface area contributed by atoms with E-state index in [0.717, 1.165) is 16.8 Å². The smallest absolute Gasteiger partial charge is 0.145 e. The molecule has 0 saturated heterocycles. The Morgan fingerprint density at radius 3 is 2.56 bits per heavy atom. The van der Waals surface area contributed by atoms with E-state index < -0.39 is 0 Å². The number of rotatable bonds is 5. The highest BCUT2D eigenvalue weighted by Crippen LogP contribution is 2.33. The first-order valence-electron chi connectivity index (χ1n) is 7.62. The molecule has 0 spiro atoms. The molecule has 5 nitrogen and oxygen atoms in total. The maximum atomic E-state index is 9.42. The normalized spacial score (nSPS) is 9.80. The molecule has 0 aliphatic carbocycles. The molecular weight excluding hydrogens is 338 g/mol. The molecule has 6 heteroatoms. The molecule has 25 heavy (non-hydrogen) atoms. The number of anilines is 2. The number of aromatic nitrogens is 1. The molecule has 0 radical (unpaired) electrons. The van der Waals surface area contributed by atoms with Gasteiger partial charge in [-0.1, -0.05) is 12.1 Å². The van der Waals surface area contributed by atoms with Crippen LogP contribution in [0.5, 0.6) is 11.5 Å². The Morgan fingerprint density at radius 2 is 1.92 bits per heavy atom. The van der Waals surface area contributed by atoms with Gasteiger partial charge in [0.25, 0.3) is 0 Å². The van der Waals surface area contributed by atoms with E-state index in [4.69, 9.17) is 9.47 Å². The second-order valence-electron chi connectivity index (χ2n) is 5.10. The largest absolute Gasteiger partial charge is 0.494 e. The van der Waals surface area contributed by atoms with Crippen molar-refractivity contribution in [1.29, 1.82) is 5.26 Å². The molecule has 3 aromatic rings. The fourth-order valence-corrected chi connectivity index (χ4v) is 2.53. The second kappa shape index (κ2) is 8.22. The molecule has 3 rings (SSSR count). The lowest BCUT2D eigenvalue weighted by Crippen LogP contribution is -1.98. The van der Waals surface area contributed by atoms with Crippen molar-refractivity contribution in [3.8, 4) is 17.6 Å². The molecule has 0 atom stereocenters. The van der Waals surface area contributed by atoms with E-state index >= 15 is 0 Å². The number of nitriles is 1. The molecule has 0 aliphatic heterocycles. The Kier molecular flexibility index (Phi) is 6.04. The zero-order valence-electron chi connectivity index (χ0n) is 13.9. The minimum atomic E-state index is 0. The SMILES string of the molecule is CCOc1ccc(Nc2c(C#N)cnc3c(OC)cccc23)cc1.Cl. The van der Waals surface area contributed by atoms with Gasteiger partial charge in [0.1, 0.15) is 23.1 Å². The van der Waals surface area contributed by atoms with Gasteiger partial charge in [-0.05, 0) is 37.3 Å². The first kappa shape index (κ1) is 18.4. The summed E-state index contributed by atoms with van der Waals surface area (Å²) in [6.07, 6.45) is 1.56. The van der Waals surface area contributed by atoms with Gasteiger partial charge in [-0.15, -0.1) is 12.4 Å². The summed E-state index contributed by atoms with van der Waals surface area (Å²) in [6.45, 7) is 2.57. The number of halogens is 1. The molecule has 0 saturated carbocycles. The van der Waals surface area contributed by atoms with Crippen LogP contribution in [0.3, 0.4) is 0 Å². The number of hydrogen-bond acceptors (Lipinski definition) is 5. The van der Waals surface area contributed by atoms with Crippen LogP contribution in [0.2, 0.25) is 0 Å². The quantitative estimate of drug-likeness (QED) is 0.719. The highest BCUT2D eigenvalue weighted by molar-refractivity contribution is 5.98. The molecule has 1 aromatic heterocycles. The van der Waals surface area contributed by atoms with E-state index in [1.54, 1.807) is 13.3 Å². The van der Waals surface area contributed by atoms with Crippen molar-refractivity contribution in [1.82, 2.24) is 4.98 Å². The lowest BCUT2D eigenvalue weighted by atomic mass is 10.1. The summed E-state index contributed by atoms with van der Waals surface area (Å²) in [5, 5.41) is 13.6. The van der Waals surface area contributed by atoms with Gasteiger partial charge >= 0.3 is 0 Å². The third-order valence-corrected chi connectivity index (χ3v) is 3.64. The molecule has 2 aromatic carbocycles. The highest BCUT2D eigenvalue weighted by atomic mass is 35.5. The van der Waals surface area contributed by atoms with Crippen LogP contribution in [0, 0.1) is 11.3 Å². The summed E-state index contributed by atoms with van der Waals surface area (Å²) in [7, 11) is 1.61. The molecule has 0 amide bonds. The number of nitrogens with zero attached hydrogens (tertiary/aromatic N) is 2. The number of pyridine rings is 1. The predicted molar refractivity (Wildman–Crippen MR) is 101 cm³/mol. The maximum absolute atomic E-state index is 9.42. The van der Waals surface area contributed by atoms with E-state index in [-0.39, 0.29) is 12.4 Å². The number of hydrogen-bond donors (Lipinski definition) is 1. The van der Waals surface area contributed by atoms with Crippen molar-refractivity contribution in [2.24, 2.45) is 0 Å². The molecular formula is C19H18ClN3O2. The number of para-hydroxylation sites is 1. The topological polar surface area (TPSA) is 67.2 Å². The molecule has 0 unspecified atom stereocenters. The van der Waals surface area contributed by atoms with Crippen molar-refractivity contribution < 1.29 is 9.47 Å². The van der Waals surface area contributed by atoms with Gasteiger partial charge in [-0.2, -0.15) is 5.26 Å². The number of fused-ring (bicyclic) bond motifs is 1. The third kappa shape index (κ3) is 3.76. The van der Waals surface area contributed by atoms with Crippen LogP contribution >= 0.6 is 12.4 Å². The minimum Gasteiger partial charge on any atom is -0.494 e. The molecule has 1 N–H and O–H groups in total. The van der Waals surface area contributed by atoms with Crippen LogP contribution in [0.4, 0.5) is 11.4 Å². The standard InChI is InChI=1S/C19H17N3O2.ClH/c1-3-24-15-9-7-14(8-10-15)22-18-13(11-20)12-21-19-16(18)5-4-6-17(19)23-2;/h4-10,12H,3H2,1-2H3,(H,21,22);1H. The van der Waals surface area contributed by atoms with Crippen LogP contribution in [0.1, 0.15) is 12.5 Å². The molecule has 1 heterocycles. The fraction of sp³-hybridized carbons (Fsp3) is 0.158. The Morgan fingerprint density at radius 1 is 1.16 bits per heavy atom. The zero-order valence-corrected chi connectivity index (χ0v) is 14.8. The van der Waals surface area contributed by atoms with Crippen molar-refractivity contribution in [3.63, 3.8) is 0 Å². The van der Waals surface area contributed by atoms with Crippen molar-refractivity contribution in [3.05, 3.63) is 54.2 Å². The van der Waals surface area contributed by atoms with E-state index in [0.29, 0.717) is 29.1 Å². The van der Waals surface area contributed by atoms with Crippen LogP contribution in [0.25, 0.3) is 10.9 Å². The monoisotopic (exact) mass is 355 g/mol. The highest BCUT2D eigenvalue weighted by Gasteiger charge is 2.12. The van der Waals surface area contributed by atoms with Crippen molar-refractivity contribution in [2.75, 3.05) is 19.0 Å². The summed E-state index contributed by atoms with van der Waals surface area (Å²) in [6, 6.07) is 15.4. The van der Waals surface area contributed by atoms with Gasteiger partial charge < -0.3 is 14.8 Å². The van der Waals surface area contributed by atoms with Crippen molar-refractivity contribution in [2.45, 2.75) is 6.92 Å². The summed E-state index contributed by atoms with van der Waals surface area (Å²) >= 11 is 0. The molecule has 0 fully saturated rings.